The van der Waals surface area contributed by atoms with E-state index in [4.69, 9.17) is 16.3 Å². The zero-order valence-corrected chi connectivity index (χ0v) is 14.7. The average Bonchev–Trinajstić information content (AvgIpc) is 2.65. The van der Waals surface area contributed by atoms with Crippen molar-refractivity contribution < 1.29 is 9.53 Å². The molecule has 126 valence electrons. The highest BCUT2D eigenvalue weighted by molar-refractivity contribution is 6.31. The standard InChI is InChI=1S/C20H17ClN2O2/c1-13(15-8-7-14-5-3-4-6-16(14)11-15)22-23-20(24)18-12-17(21)9-10-19(18)25-2/h3-12H,1-2H3,(H,23,24)/b22-13+. The molecule has 0 saturated carbocycles. The normalized spacial score (nSPS) is 11.4. The number of carbonyl (C=O) groups excluding carboxylic acids is 1. The Hall–Kier alpha value is -2.85. The van der Waals surface area contributed by atoms with Gasteiger partial charge < -0.3 is 4.74 Å². The Labute approximate surface area is 151 Å². The number of halogens is 1. The van der Waals surface area contributed by atoms with E-state index in [-0.39, 0.29) is 5.91 Å². The van der Waals surface area contributed by atoms with Crippen molar-refractivity contribution in [2.75, 3.05) is 7.11 Å². The fourth-order valence-electron chi connectivity index (χ4n) is 2.53. The minimum absolute atomic E-state index is 0.338. The van der Waals surface area contributed by atoms with Crippen LogP contribution in [0.2, 0.25) is 5.02 Å². The van der Waals surface area contributed by atoms with Crippen molar-refractivity contribution >= 4 is 34.0 Å². The fraction of sp³-hybridized carbons (Fsp3) is 0.100. The zero-order chi connectivity index (χ0) is 17.8. The summed E-state index contributed by atoms with van der Waals surface area (Å²) in [5, 5.41) is 6.94. The van der Waals surface area contributed by atoms with Gasteiger partial charge in [-0.05, 0) is 47.5 Å². The lowest BCUT2D eigenvalue weighted by Gasteiger charge is -2.08. The van der Waals surface area contributed by atoms with E-state index in [1.54, 1.807) is 18.2 Å². The summed E-state index contributed by atoms with van der Waals surface area (Å²) in [6.45, 7) is 1.85. The summed E-state index contributed by atoms with van der Waals surface area (Å²) < 4.78 is 5.19. The van der Waals surface area contributed by atoms with Crippen molar-refractivity contribution in [3.8, 4) is 5.75 Å². The number of rotatable bonds is 4. The molecule has 3 aromatic rings. The molecule has 0 aromatic heterocycles. The Balaban J connectivity index is 1.82. The number of fused-ring (bicyclic) bond motifs is 1. The maximum Gasteiger partial charge on any atom is 0.275 e. The Morgan fingerprint density at radius 3 is 2.56 bits per heavy atom. The molecular formula is C20H17ClN2O2. The highest BCUT2D eigenvalue weighted by atomic mass is 35.5. The Bertz CT molecular complexity index is 967. The molecule has 0 saturated heterocycles. The van der Waals surface area contributed by atoms with E-state index in [0.29, 0.717) is 22.0 Å². The van der Waals surface area contributed by atoms with E-state index in [1.165, 1.54) is 7.11 Å². The van der Waals surface area contributed by atoms with Gasteiger partial charge in [-0.15, -0.1) is 0 Å². The molecule has 5 heteroatoms. The van der Waals surface area contributed by atoms with Gasteiger partial charge in [0.25, 0.3) is 5.91 Å². The molecule has 0 aliphatic rings. The van der Waals surface area contributed by atoms with E-state index in [0.717, 1.165) is 16.3 Å². The van der Waals surface area contributed by atoms with Crippen molar-refractivity contribution in [3.05, 3.63) is 76.8 Å². The first-order valence-corrected chi connectivity index (χ1v) is 8.13. The van der Waals surface area contributed by atoms with Gasteiger partial charge in [0.2, 0.25) is 0 Å². The Morgan fingerprint density at radius 2 is 1.80 bits per heavy atom. The molecule has 25 heavy (non-hydrogen) atoms. The van der Waals surface area contributed by atoms with Crippen LogP contribution in [0.3, 0.4) is 0 Å². The first-order valence-electron chi connectivity index (χ1n) is 7.76. The Morgan fingerprint density at radius 1 is 1.04 bits per heavy atom. The van der Waals surface area contributed by atoms with Crippen molar-refractivity contribution in [3.63, 3.8) is 0 Å². The van der Waals surface area contributed by atoms with E-state index in [9.17, 15) is 4.79 Å². The molecule has 0 heterocycles. The minimum atomic E-state index is -0.375. The number of hydrogen-bond donors (Lipinski definition) is 1. The zero-order valence-electron chi connectivity index (χ0n) is 13.9. The third-order valence-electron chi connectivity index (χ3n) is 3.90. The van der Waals surface area contributed by atoms with Crippen LogP contribution in [0.1, 0.15) is 22.8 Å². The summed E-state index contributed by atoms with van der Waals surface area (Å²) in [7, 11) is 1.50. The predicted molar refractivity (Wildman–Crippen MR) is 102 cm³/mol. The van der Waals surface area contributed by atoms with Gasteiger partial charge in [0, 0.05) is 5.02 Å². The molecule has 0 atom stereocenters. The van der Waals surface area contributed by atoms with Crippen molar-refractivity contribution in [1.82, 2.24) is 5.43 Å². The third-order valence-corrected chi connectivity index (χ3v) is 4.13. The minimum Gasteiger partial charge on any atom is -0.496 e. The monoisotopic (exact) mass is 352 g/mol. The summed E-state index contributed by atoms with van der Waals surface area (Å²) >= 11 is 5.96. The number of benzene rings is 3. The van der Waals surface area contributed by atoms with Crippen LogP contribution in [0.4, 0.5) is 0 Å². The lowest BCUT2D eigenvalue weighted by Crippen LogP contribution is -2.20. The van der Waals surface area contributed by atoms with Crippen LogP contribution >= 0.6 is 11.6 Å². The van der Waals surface area contributed by atoms with Gasteiger partial charge in [-0.3, -0.25) is 4.79 Å². The number of hydrogen-bond acceptors (Lipinski definition) is 3. The van der Waals surface area contributed by atoms with E-state index in [2.05, 4.69) is 16.6 Å². The lowest BCUT2D eigenvalue weighted by atomic mass is 10.0. The van der Waals surface area contributed by atoms with Gasteiger partial charge in [0.1, 0.15) is 5.75 Å². The fourth-order valence-corrected chi connectivity index (χ4v) is 2.70. The van der Waals surface area contributed by atoms with Gasteiger partial charge in [-0.1, -0.05) is 48.0 Å². The van der Waals surface area contributed by atoms with Crippen LogP contribution in [0.15, 0.2) is 65.8 Å². The highest BCUT2D eigenvalue weighted by Crippen LogP contribution is 2.22. The quantitative estimate of drug-likeness (QED) is 0.548. The topological polar surface area (TPSA) is 50.7 Å². The first-order chi connectivity index (χ1) is 12.1. The molecule has 0 spiro atoms. The number of methoxy groups -OCH3 is 1. The highest BCUT2D eigenvalue weighted by Gasteiger charge is 2.12. The summed E-state index contributed by atoms with van der Waals surface area (Å²) in [5.41, 5.74) is 4.55. The number of amides is 1. The second-order valence-corrected chi connectivity index (χ2v) is 5.98. The molecule has 3 aromatic carbocycles. The lowest BCUT2D eigenvalue weighted by molar-refractivity contribution is 0.0952. The molecule has 0 aliphatic carbocycles. The predicted octanol–water partition coefficient (Wildman–Crippen LogP) is 4.66. The maximum atomic E-state index is 12.4. The number of nitrogens with one attached hydrogen (secondary N) is 1. The van der Waals surface area contributed by atoms with E-state index in [1.807, 2.05) is 43.3 Å². The summed E-state index contributed by atoms with van der Waals surface area (Å²) in [4.78, 5) is 12.4. The summed E-state index contributed by atoms with van der Waals surface area (Å²) in [6.07, 6.45) is 0. The molecular weight excluding hydrogens is 336 g/mol. The second-order valence-electron chi connectivity index (χ2n) is 5.54. The molecule has 1 N–H and O–H groups in total. The summed E-state index contributed by atoms with van der Waals surface area (Å²) in [5.74, 6) is 0.0694. The molecule has 0 aliphatic heterocycles. The van der Waals surface area contributed by atoms with Gasteiger partial charge >= 0.3 is 0 Å². The largest absolute Gasteiger partial charge is 0.496 e. The molecule has 0 fully saturated rings. The smallest absolute Gasteiger partial charge is 0.275 e. The molecule has 3 rings (SSSR count). The van der Waals surface area contributed by atoms with Gasteiger partial charge in [0.05, 0.1) is 18.4 Å². The van der Waals surface area contributed by atoms with Crippen molar-refractivity contribution in [2.24, 2.45) is 5.10 Å². The van der Waals surface area contributed by atoms with Crippen molar-refractivity contribution in [2.45, 2.75) is 6.92 Å². The number of hydrazone groups is 1. The van der Waals surface area contributed by atoms with Crippen molar-refractivity contribution in [1.29, 1.82) is 0 Å². The molecule has 0 radical (unpaired) electrons. The number of ether oxygens (including phenoxy) is 1. The van der Waals surface area contributed by atoms with Crippen LogP contribution < -0.4 is 10.2 Å². The average molecular weight is 353 g/mol. The first kappa shape index (κ1) is 17.0. The SMILES string of the molecule is COc1ccc(Cl)cc1C(=O)N/N=C(\C)c1ccc2ccccc2c1. The third kappa shape index (κ3) is 3.80. The Kier molecular flexibility index (Phi) is 5.00. The van der Waals surface area contributed by atoms with Gasteiger partial charge in [0.15, 0.2) is 0 Å². The number of carbonyl (C=O) groups is 1. The van der Waals surface area contributed by atoms with Crippen LogP contribution in [0.5, 0.6) is 5.75 Å². The van der Waals surface area contributed by atoms with Crippen LogP contribution in [0.25, 0.3) is 10.8 Å². The van der Waals surface area contributed by atoms with E-state index < -0.39 is 0 Å². The molecule has 0 unspecified atom stereocenters. The summed E-state index contributed by atoms with van der Waals surface area (Å²) in [6, 6.07) is 19.0. The second kappa shape index (κ2) is 7.36. The molecule has 1 amide bonds. The molecule has 0 bridgehead atoms. The van der Waals surface area contributed by atoms with Gasteiger partial charge in [-0.25, -0.2) is 5.43 Å². The maximum absolute atomic E-state index is 12.4. The molecule has 4 nitrogen and oxygen atoms in total. The number of nitrogens with zero attached hydrogens (tertiary/aromatic N) is 1. The van der Waals surface area contributed by atoms with Crippen LogP contribution in [-0.4, -0.2) is 18.7 Å². The van der Waals surface area contributed by atoms with Crippen LogP contribution in [0, 0.1) is 0 Å². The van der Waals surface area contributed by atoms with E-state index >= 15 is 0 Å². The van der Waals surface area contributed by atoms with Crippen LogP contribution in [-0.2, 0) is 0 Å². The van der Waals surface area contributed by atoms with Gasteiger partial charge in [-0.2, -0.15) is 5.10 Å².